The van der Waals surface area contributed by atoms with Gasteiger partial charge in [-0.15, -0.1) is 0 Å². The van der Waals surface area contributed by atoms with Crippen LogP contribution in [-0.2, 0) is 9.53 Å². The Bertz CT molecular complexity index is 160. The van der Waals surface area contributed by atoms with Crippen LogP contribution in [0.4, 0.5) is 0 Å². The van der Waals surface area contributed by atoms with Gasteiger partial charge in [-0.25, -0.2) is 0 Å². The van der Waals surface area contributed by atoms with Crippen LogP contribution in [0, 0.1) is 0 Å². The molecule has 0 aliphatic carbocycles. The summed E-state index contributed by atoms with van der Waals surface area (Å²) >= 11 is 0. The highest BCUT2D eigenvalue weighted by Gasteiger charge is 2.08. The summed E-state index contributed by atoms with van der Waals surface area (Å²) in [5.74, 6) is -0.0962. The van der Waals surface area contributed by atoms with Gasteiger partial charge in [-0.05, 0) is 12.8 Å². The molecule has 1 atom stereocenters. The zero-order valence-electron chi connectivity index (χ0n) is 8.08. The minimum atomic E-state index is -0.389. The van der Waals surface area contributed by atoms with E-state index in [0.717, 1.165) is 6.42 Å². The molecule has 3 N–H and O–H groups in total. The molecule has 0 heterocycles. The first-order chi connectivity index (χ1) is 6.22. The molecule has 0 unspecified atom stereocenters. The fraction of sp³-hybridized carbons (Fsp3) is 0.667. The van der Waals surface area contributed by atoms with Gasteiger partial charge in [0.15, 0.2) is 0 Å². The van der Waals surface area contributed by atoms with E-state index in [1.54, 1.807) is 0 Å². The molecule has 4 nitrogen and oxygen atoms in total. The molecule has 0 rings (SSSR count). The van der Waals surface area contributed by atoms with Crippen molar-refractivity contribution in [1.29, 1.82) is 0 Å². The van der Waals surface area contributed by atoms with Crippen molar-refractivity contribution >= 4 is 5.91 Å². The van der Waals surface area contributed by atoms with Crippen LogP contribution in [0.1, 0.15) is 19.8 Å². The lowest BCUT2D eigenvalue weighted by Gasteiger charge is -2.09. The van der Waals surface area contributed by atoms with Crippen LogP contribution in [0.3, 0.4) is 0 Å². The van der Waals surface area contributed by atoms with Crippen LogP contribution in [-0.4, -0.2) is 25.1 Å². The third-order valence-corrected chi connectivity index (χ3v) is 1.63. The Kier molecular flexibility index (Phi) is 7.01. The van der Waals surface area contributed by atoms with Crippen molar-refractivity contribution in [2.45, 2.75) is 25.8 Å². The summed E-state index contributed by atoms with van der Waals surface area (Å²) in [5.41, 5.74) is 5.50. The standard InChI is InChI=1S/C9H18N2O2/c1-3-8(10)9(12)11-6-5-7-13-4-2/h4,8H,2-3,5-7,10H2,1H3,(H,11,12)/t8-/m0/s1. The average molecular weight is 186 g/mol. The van der Waals surface area contributed by atoms with Crippen molar-refractivity contribution in [1.82, 2.24) is 5.32 Å². The van der Waals surface area contributed by atoms with E-state index in [1.165, 1.54) is 6.26 Å². The van der Waals surface area contributed by atoms with Gasteiger partial charge < -0.3 is 15.8 Å². The minimum Gasteiger partial charge on any atom is -0.502 e. The fourth-order valence-electron chi connectivity index (χ4n) is 0.767. The number of amides is 1. The lowest BCUT2D eigenvalue weighted by Crippen LogP contribution is -2.40. The summed E-state index contributed by atoms with van der Waals surface area (Å²) < 4.78 is 4.88. The van der Waals surface area contributed by atoms with Crippen molar-refractivity contribution in [3.63, 3.8) is 0 Å². The Hall–Kier alpha value is -1.03. The van der Waals surface area contributed by atoms with Gasteiger partial charge in [0.25, 0.3) is 0 Å². The number of rotatable bonds is 7. The van der Waals surface area contributed by atoms with Crippen LogP contribution >= 0.6 is 0 Å². The number of hydrogen-bond acceptors (Lipinski definition) is 3. The zero-order chi connectivity index (χ0) is 10.1. The number of ether oxygens (including phenoxy) is 1. The van der Waals surface area contributed by atoms with Gasteiger partial charge in [0.05, 0.1) is 18.9 Å². The quantitative estimate of drug-likeness (QED) is 0.446. The normalized spacial score (nSPS) is 11.8. The van der Waals surface area contributed by atoms with E-state index in [9.17, 15) is 4.79 Å². The topological polar surface area (TPSA) is 64.3 Å². The van der Waals surface area contributed by atoms with Gasteiger partial charge in [0, 0.05) is 6.54 Å². The Morgan fingerprint density at radius 2 is 2.46 bits per heavy atom. The molecular formula is C9H18N2O2. The molecule has 0 fully saturated rings. The second-order valence-corrected chi connectivity index (χ2v) is 2.70. The highest BCUT2D eigenvalue weighted by molar-refractivity contribution is 5.81. The smallest absolute Gasteiger partial charge is 0.236 e. The Labute approximate surface area is 79.1 Å². The average Bonchev–Trinajstić information content (AvgIpc) is 2.16. The molecule has 0 aliphatic rings. The summed E-state index contributed by atoms with van der Waals surface area (Å²) in [4.78, 5) is 11.1. The predicted molar refractivity (Wildman–Crippen MR) is 52.0 cm³/mol. The first-order valence-corrected chi connectivity index (χ1v) is 4.48. The van der Waals surface area contributed by atoms with Crippen LogP contribution < -0.4 is 11.1 Å². The van der Waals surface area contributed by atoms with Gasteiger partial charge in [-0.1, -0.05) is 13.5 Å². The lowest BCUT2D eigenvalue weighted by molar-refractivity contribution is -0.122. The summed E-state index contributed by atoms with van der Waals surface area (Å²) in [7, 11) is 0. The van der Waals surface area contributed by atoms with E-state index >= 15 is 0 Å². The van der Waals surface area contributed by atoms with Crippen molar-refractivity contribution in [3.8, 4) is 0 Å². The molecule has 0 aliphatic heterocycles. The maximum Gasteiger partial charge on any atom is 0.236 e. The van der Waals surface area contributed by atoms with Crippen LogP contribution in [0.15, 0.2) is 12.8 Å². The van der Waals surface area contributed by atoms with Crippen molar-refractivity contribution < 1.29 is 9.53 Å². The highest BCUT2D eigenvalue weighted by Crippen LogP contribution is 1.86. The molecule has 0 aromatic carbocycles. The zero-order valence-corrected chi connectivity index (χ0v) is 8.08. The van der Waals surface area contributed by atoms with E-state index in [0.29, 0.717) is 19.6 Å². The molecular weight excluding hydrogens is 168 g/mol. The van der Waals surface area contributed by atoms with E-state index in [2.05, 4.69) is 11.9 Å². The number of nitrogens with one attached hydrogen (secondary N) is 1. The maximum absolute atomic E-state index is 11.1. The predicted octanol–water partition coefficient (Wildman–Crippen LogP) is 0.390. The molecule has 0 radical (unpaired) electrons. The molecule has 0 spiro atoms. The summed E-state index contributed by atoms with van der Waals surface area (Å²) in [6.07, 6.45) is 2.82. The van der Waals surface area contributed by atoms with Gasteiger partial charge >= 0.3 is 0 Å². The largest absolute Gasteiger partial charge is 0.502 e. The van der Waals surface area contributed by atoms with Crippen molar-refractivity contribution in [3.05, 3.63) is 12.8 Å². The lowest BCUT2D eigenvalue weighted by atomic mass is 10.2. The second kappa shape index (κ2) is 7.61. The van der Waals surface area contributed by atoms with Gasteiger partial charge in [-0.3, -0.25) is 4.79 Å². The second-order valence-electron chi connectivity index (χ2n) is 2.70. The van der Waals surface area contributed by atoms with Gasteiger partial charge in [0.2, 0.25) is 5.91 Å². The third kappa shape index (κ3) is 6.16. The Morgan fingerprint density at radius 3 is 3.00 bits per heavy atom. The molecule has 1 amide bonds. The van der Waals surface area contributed by atoms with Crippen LogP contribution in [0.25, 0.3) is 0 Å². The number of carbonyl (C=O) groups is 1. The summed E-state index contributed by atoms with van der Waals surface area (Å²) in [6.45, 7) is 6.46. The van der Waals surface area contributed by atoms with Gasteiger partial charge in [-0.2, -0.15) is 0 Å². The summed E-state index contributed by atoms with van der Waals surface area (Å²) in [6, 6.07) is -0.389. The molecule has 76 valence electrons. The molecule has 0 aromatic rings. The molecule has 0 saturated heterocycles. The van der Waals surface area contributed by atoms with Crippen LogP contribution in [0.2, 0.25) is 0 Å². The molecule has 4 heteroatoms. The number of nitrogens with two attached hydrogens (primary N) is 1. The first-order valence-electron chi connectivity index (χ1n) is 4.48. The first kappa shape index (κ1) is 12.0. The minimum absolute atomic E-state index is 0.0962. The fourth-order valence-corrected chi connectivity index (χ4v) is 0.767. The monoisotopic (exact) mass is 186 g/mol. The molecule has 0 aromatic heterocycles. The van der Waals surface area contributed by atoms with Crippen molar-refractivity contribution in [2.24, 2.45) is 5.73 Å². The van der Waals surface area contributed by atoms with Crippen molar-refractivity contribution in [2.75, 3.05) is 13.2 Å². The van der Waals surface area contributed by atoms with Gasteiger partial charge in [0.1, 0.15) is 0 Å². The third-order valence-electron chi connectivity index (χ3n) is 1.63. The SMILES string of the molecule is C=COCCCNC(=O)[C@@H](N)CC. The Balaban J connectivity index is 3.31. The number of carbonyl (C=O) groups excluding carboxylic acids is 1. The summed E-state index contributed by atoms with van der Waals surface area (Å²) in [5, 5.41) is 2.71. The van der Waals surface area contributed by atoms with E-state index in [-0.39, 0.29) is 11.9 Å². The van der Waals surface area contributed by atoms with E-state index in [1.807, 2.05) is 6.92 Å². The van der Waals surface area contributed by atoms with E-state index in [4.69, 9.17) is 10.5 Å². The van der Waals surface area contributed by atoms with E-state index < -0.39 is 0 Å². The number of hydrogen-bond donors (Lipinski definition) is 2. The molecule has 13 heavy (non-hydrogen) atoms. The maximum atomic E-state index is 11.1. The Morgan fingerprint density at radius 1 is 1.77 bits per heavy atom. The molecule has 0 bridgehead atoms. The van der Waals surface area contributed by atoms with Crippen LogP contribution in [0.5, 0.6) is 0 Å². The molecule has 0 saturated carbocycles. The highest BCUT2D eigenvalue weighted by atomic mass is 16.5.